The predicted molar refractivity (Wildman–Crippen MR) is 100 cm³/mol. The van der Waals surface area contributed by atoms with Crippen LogP contribution in [0.15, 0.2) is 67.0 Å². The molecule has 3 rings (SSSR count). The van der Waals surface area contributed by atoms with Crippen molar-refractivity contribution in [3.05, 3.63) is 83.1 Å². The number of amides is 1. The Kier molecular flexibility index (Phi) is 5.51. The first-order valence-corrected chi connectivity index (χ1v) is 8.65. The van der Waals surface area contributed by atoms with Crippen molar-refractivity contribution in [1.29, 1.82) is 0 Å². The van der Waals surface area contributed by atoms with Gasteiger partial charge in [-0.3, -0.25) is 4.79 Å². The molecular weight excluding hydrogens is 334 g/mol. The summed E-state index contributed by atoms with van der Waals surface area (Å²) in [5.74, 6) is 0.291. The number of benzene rings is 2. The third kappa shape index (κ3) is 4.48. The van der Waals surface area contributed by atoms with Crippen LogP contribution in [0.3, 0.4) is 0 Å². The number of nitrogens with one attached hydrogen (secondary N) is 1. The van der Waals surface area contributed by atoms with Crippen molar-refractivity contribution in [3.63, 3.8) is 0 Å². The SMILES string of the molecule is CC(CCNC(=O)c1cnn(-c2ccc(Cl)cc2)c1)c1ccccc1. The van der Waals surface area contributed by atoms with Crippen LogP contribution in [0.1, 0.15) is 35.2 Å². The van der Waals surface area contributed by atoms with Crippen molar-refractivity contribution in [2.24, 2.45) is 0 Å². The highest BCUT2D eigenvalue weighted by atomic mass is 35.5. The number of hydrogen-bond donors (Lipinski definition) is 1. The van der Waals surface area contributed by atoms with E-state index < -0.39 is 0 Å². The maximum atomic E-state index is 12.3. The molecule has 0 saturated heterocycles. The minimum absolute atomic E-state index is 0.111. The first-order chi connectivity index (χ1) is 12.1. The Labute approximate surface area is 152 Å². The lowest BCUT2D eigenvalue weighted by molar-refractivity contribution is 0.0952. The first-order valence-electron chi connectivity index (χ1n) is 8.27. The fraction of sp³-hybridized carbons (Fsp3) is 0.200. The van der Waals surface area contributed by atoms with E-state index in [-0.39, 0.29) is 5.91 Å². The summed E-state index contributed by atoms with van der Waals surface area (Å²) in [5.41, 5.74) is 2.69. The van der Waals surface area contributed by atoms with Crippen molar-refractivity contribution in [2.45, 2.75) is 19.3 Å². The van der Waals surface area contributed by atoms with Crippen LogP contribution in [0, 0.1) is 0 Å². The van der Waals surface area contributed by atoms with Crippen molar-refractivity contribution < 1.29 is 4.79 Å². The molecule has 5 heteroatoms. The van der Waals surface area contributed by atoms with Gasteiger partial charge >= 0.3 is 0 Å². The maximum absolute atomic E-state index is 12.3. The molecule has 0 fully saturated rings. The Bertz CT molecular complexity index is 828. The lowest BCUT2D eigenvalue weighted by atomic mass is 9.98. The van der Waals surface area contributed by atoms with Gasteiger partial charge in [0.25, 0.3) is 5.91 Å². The number of aromatic nitrogens is 2. The number of rotatable bonds is 6. The zero-order valence-corrected chi connectivity index (χ0v) is 14.8. The van der Waals surface area contributed by atoms with E-state index in [9.17, 15) is 4.79 Å². The standard InChI is InChI=1S/C20H20ClN3O/c1-15(16-5-3-2-4-6-16)11-12-22-20(25)17-13-23-24(14-17)19-9-7-18(21)8-10-19/h2-10,13-15H,11-12H2,1H3,(H,22,25). The average Bonchev–Trinajstić information content (AvgIpc) is 3.13. The van der Waals surface area contributed by atoms with E-state index >= 15 is 0 Å². The Morgan fingerprint density at radius 2 is 1.88 bits per heavy atom. The monoisotopic (exact) mass is 353 g/mol. The van der Waals surface area contributed by atoms with Crippen LogP contribution in [0.2, 0.25) is 5.02 Å². The fourth-order valence-electron chi connectivity index (χ4n) is 2.63. The topological polar surface area (TPSA) is 46.9 Å². The normalized spacial score (nSPS) is 11.9. The second-order valence-electron chi connectivity index (χ2n) is 6.01. The fourth-order valence-corrected chi connectivity index (χ4v) is 2.75. The second-order valence-corrected chi connectivity index (χ2v) is 6.44. The summed E-state index contributed by atoms with van der Waals surface area (Å²) in [6, 6.07) is 17.6. The van der Waals surface area contributed by atoms with Crippen molar-refractivity contribution in [1.82, 2.24) is 15.1 Å². The zero-order chi connectivity index (χ0) is 17.6. The molecule has 0 bridgehead atoms. The Morgan fingerprint density at radius 1 is 1.16 bits per heavy atom. The largest absolute Gasteiger partial charge is 0.352 e. The number of nitrogens with zero attached hydrogens (tertiary/aromatic N) is 2. The van der Waals surface area contributed by atoms with Gasteiger partial charge in [0.2, 0.25) is 0 Å². The average molecular weight is 354 g/mol. The highest BCUT2D eigenvalue weighted by Crippen LogP contribution is 2.17. The van der Waals surface area contributed by atoms with Gasteiger partial charge in [-0.25, -0.2) is 4.68 Å². The summed E-state index contributed by atoms with van der Waals surface area (Å²) < 4.78 is 1.66. The van der Waals surface area contributed by atoms with Crippen LogP contribution in [-0.4, -0.2) is 22.2 Å². The molecule has 4 nitrogen and oxygen atoms in total. The summed E-state index contributed by atoms with van der Waals surface area (Å²) in [5, 5.41) is 7.87. The van der Waals surface area contributed by atoms with Crippen LogP contribution in [0.25, 0.3) is 5.69 Å². The highest BCUT2D eigenvalue weighted by Gasteiger charge is 2.10. The second kappa shape index (κ2) is 7.99. The van der Waals surface area contributed by atoms with Crippen molar-refractivity contribution in [3.8, 4) is 5.69 Å². The van der Waals surface area contributed by atoms with Crippen LogP contribution in [0.5, 0.6) is 0 Å². The highest BCUT2D eigenvalue weighted by molar-refractivity contribution is 6.30. The molecule has 0 aliphatic heterocycles. The Balaban J connectivity index is 1.54. The number of carbonyl (C=O) groups is 1. The molecule has 1 N–H and O–H groups in total. The van der Waals surface area contributed by atoms with E-state index in [0.29, 0.717) is 23.0 Å². The first kappa shape index (κ1) is 17.2. The third-order valence-electron chi connectivity index (χ3n) is 4.17. The molecule has 0 saturated carbocycles. The summed E-state index contributed by atoms with van der Waals surface area (Å²) >= 11 is 5.89. The van der Waals surface area contributed by atoms with E-state index in [1.807, 2.05) is 30.3 Å². The Morgan fingerprint density at radius 3 is 2.60 bits per heavy atom. The summed E-state index contributed by atoms with van der Waals surface area (Å²) in [6.45, 7) is 2.79. The minimum atomic E-state index is -0.111. The smallest absolute Gasteiger partial charge is 0.254 e. The lowest BCUT2D eigenvalue weighted by Gasteiger charge is -2.12. The number of carbonyl (C=O) groups excluding carboxylic acids is 1. The summed E-state index contributed by atoms with van der Waals surface area (Å²) in [4.78, 5) is 12.3. The van der Waals surface area contributed by atoms with E-state index in [1.54, 1.807) is 29.2 Å². The molecule has 1 atom stereocenters. The molecule has 1 unspecified atom stereocenters. The molecule has 2 aromatic carbocycles. The summed E-state index contributed by atoms with van der Waals surface area (Å²) in [7, 11) is 0. The number of hydrogen-bond acceptors (Lipinski definition) is 2. The molecule has 25 heavy (non-hydrogen) atoms. The van der Waals surface area contributed by atoms with Gasteiger partial charge in [-0.05, 0) is 42.2 Å². The third-order valence-corrected chi connectivity index (χ3v) is 4.42. The van der Waals surface area contributed by atoms with Gasteiger partial charge in [-0.1, -0.05) is 48.9 Å². The molecule has 0 aliphatic rings. The molecule has 0 radical (unpaired) electrons. The van der Waals surface area contributed by atoms with Gasteiger partial charge < -0.3 is 5.32 Å². The Hall–Kier alpha value is -2.59. The van der Waals surface area contributed by atoms with Gasteiger partial charge in [-0.15, -0.1) is 0 Å². The maximum Gasteiger partial charge on any atom is 0.254 e. The van der Waals surface area contributed by atoms with Crippen molar-refractivity contribution in [2.75, 3.05) is 6.54 Å². The quantitative estimate of drug-likeness (QED) is 0.711. The van der Waals surface area contributed by atoms with Crippen LogP contribution in [0.4, 0.5) is 0 Å². The van der Waals surface area contributed by atoms with Gasteiger partial charge in [0.05, 0.1) is 17.4 Å². The van der Waals surface area contributed by atoms with Gasteiger partial charge in [0, 0.05) is 17.8 Å². The van der Waals surface area contributed by atoms with Crippen LogP contribution >= 0.6 is 11.6 Å². The van der Waals surface area contributed by atoms with E-state index in [1.165, 1.54) is 5.56 Å². The lowest BCUT2D eigenvalue weighted by Crippen LogP contribution is -2.25. The van der Waals surface area contributed by atoms with Gasteiger partial charge in [0.1, 0.15) is 0 Å². The van der Waals surface area contributed by atoms with Gasteiger partial charge in [-0.2, -0.15) is 5.10 Å². The molecular formula is C20H20ClN3O. The molecule has 1 aromatic heterocycles. The number of halogens is 1. The van der Waals surface area contributed by atoms with E-state index in [2.05, 4.69) is 29.5 Å². The molecule has 3 aromatic rings. The van der Waals surface area contributed by atoms with E-state index in [4.69, 9.17) is 11.6 Å². The van der Waals surface area contributed by atoms with Crippen LogP contribution in [-0.2, 0) is 0 Å². The molecule has 0 spiro atoms. The van der Waals surface area contributed by atoms with Crippen molar-refractivity contribution >= 4 is 17.5 Å². The molecule has 128 valence electrons. The van der Waals surface area contributed by atoms with E-state index in [0.717, 1.165) is 12.1 Å². The van der Waals surface area contributed by atoms with Gasteiger partial charge in [0.15, 0.2) is 0 Å². The predicted octanol–water partition coefficient (Wildman–Crippen LogP) is 4.45. The molecule has 0 aliphatic carbocycles. The minimum Gasteiger partial charge on any atom is -0.352 e. The van der Waals surface area contributed by atoms with Crippen LogP contribution < -0.4 is 5.32 Å². The molecule has 1 amide bonds. The zero-order valence-electron chi connectivity index (χ0n) is 14.0. The summed E-state index contributed by atoms with van der Waals surface area (Å²) in [6.07, 6.45) is 4.19. The molecule has 1 heterocycles.